The van der Waals surface area contributed by atoms with Gasteiger partial charge in [-0.15, -0.1) is 0 Å². The minimum atomic E-state index is -0.534. The molecule has 0 saturated carbocycles. The number of benzene rings is 3. The third kappa shape index (κ3) is 6.44. The summed E-state index contributed by atoms with van der Waals surface area (Å²) in [6.45, 7) is 0. The van der Waals surface area contributed by atoms with E-state index in [1.165, 1.54) is 20.3 Å². The molecule has 0 aliphatic carbocycles. The summed E-state index contributed by atoms with van der Waals surface area (Å²) in [5.41, 5.74) is 3.25. The maximum atomic E-state index is 12.3. The highest BCUT2D eigenvalue weighted by atomic mass is 35.5. The van der Waals surface area contributed by atoms with Gasteiger partial charge in [0.25, 0.3) is 5.91 Å². The van der Waals surface area contributed by atoms with Crippen molar-refractivity contribution in [2.24, 2.45) is 0 Å². The molecule has 33 heavy (non-hydrogen) atoms. The van der Waals surface area contributed by atoms with Crippen LogP contribution in [-0.4, -0.2) is 25.1 Å². The fourth-order valence-corrected chi connectivity index (χ4v) is 3.15. The van der Waals surface area contributed by atoms with Crippen LogP contribution < -0.4 is 14.8 Å². The van der Waals surface area contributed by atoms with Gasteiger partial charge in [0, 0.05) is 34.0 Å². The lowest BCUT2D eigenvalue weighted by molar-refractivity contribution is -0.400. The van der Waals surface area contributed by atoms with Crippen LogP contribution in [0.5, 0.6) is 11.5 Å². The SMILES string of the molecule is COc1cc(/C=C/c2ccc(NC(=O)c3ccc(Cl)cc3)cc2)c(/C=C/[N+](=O)[O-])c(OC)c1. The first kappa shape index (κ1) is 23.6. The van der Waals surface area contributed by atoms with Gasteiger partial charge in [0.1, 0.15) is 11.5 Å². The van der Waals surface area contributed by atoms with Crippen LogP contribution in [0.4, 0.5) is 5.69 Å². The maximum absolute atomic E-state index is 12.3. The van der Waals surface area contributed by atoms with Crippen molar-refractivity contribution in [3.05, 3.63) is 104 Å². The molecule has 0 radical (unpaired) electrons. The minimum absolute atomic E-state index is 0.236. The fraction of sp³-hybridized carbons (Fsp3) is 0.0800. The normalized spacial score (nSPS) is 11.0. The molecule has 0 aliphatic rings. The maximum Gasteiger partial charge on any atom is 0.255 e. The number of halogens is 1. The Hall–Kier alpha value is -4.10. The molecule has 8 heteroatoms. The fourth-order valence-electron chi connectivity index (χ4n) is 3.03. The van der Waals surface area contributed by atoms with Crippen molar-refractivity contribution in [1.29, 1.82) is 0 Å². The van der Waals surface area contributed by atoms with Crippen molar-refractivity contribution in [1.82, 2.24) is 0 Å². The van der Waals surface area contributed by atoms with E-state index in [0.717, 1.165) is 11.8 Å². The predicted octanol–water partition coefficient (Wildman–Crippen LogP) is 6.03. The predicted molar refractivity (Wildman–Crippen MR) is 130 cm³/mol. The summed E-state index contributed by atoms with van der Waals surface area (Å²) in [7, 11) is 3.02. The zero-order valence-electron chi connectivity index (χ0n) is 17.9. The Labute approximate surface area is 196 Å². The molecular weight excluding hydrogens is 444 g/mol. The van der Waals surface area contributed by atoms with Gasteiger partial charge in [-0.3, -0.25) is 14.9 Å². The summed E-state index contributed by atoms with van der Waals surface area (Å²) in [6.07, 6.45) is 5.90. The molecule has 1 amide bonds. The standard InChI is InChI=1S/C25H21ClN2O5/c1-32-22-15-19(23(13-14-28(30)31)24(16-22)33-2)6-3-17-4-11-21(12-5-17)27-25(29)18-7-9-20(26)10-8-18/h3-16H,1-2H3,(H,27,29)/b6-3+,14-13+. The van der Waals surface area contributed by atoms with Gasteiger partial charge >= 0.3 is 0 Å². The Bertz CT molecular complexity index is 1200. The Morgan fingerprint density at radius 1 is 0.970 bits per heavy atom. The van der Waals surface area contributed by atoms with Gasteiger partial charge in [0.05, 0.1) is 19.1 Å². The minimum Gasteiger partial charge on any atom is -0.497 e. The van der Waals surface area contributed by atoms with Crippen LogP contribution in [0.2, 0.25) is 5.02 Å². The van der Waals surface area contributed by atoms with E-state index < -0.39 is 4.92 Å². The number of methoxy groups -OCH3 is 2. The van der Waals surface area contributed by atoms with Gasteiger partial charge in [-0.1, -0.05) is 35.9 Å². The van der Waals surface area contributed by atoms with Crippen LogP contribution >= 0.6 is 11.6 Å². The Morgan fingerprint density at radius 2 is 1.67 bits per heavy atom. The van der Waals surface area contributed by atoms with Crippen molar-refractivity contribution in [2.75, 3.05) is 19.5 Å². The smallest absolute Gasteiger partial charge is 0.255 e. The molecule has 0 atom stereocenters. The molecule has 0 bridgehead atoms. The number of rotatable bonds is 8. The second-order valence-corrected chi connectivity index (χ2v) is 7.29. The van der Waals surface area contributed by atoms with Gasteiger partial charge in [-0.25, -0.2) is 0 Å². The van der Waals surface area contributed by atoms with E-state index in [0.29, 0.717) is 38.9 Å². The van der Waals surface area contributed by atoms with E-state index in [1.807, 2.05) is 24.3 Å². The first-order valence-corrected chi connectivity index (χ1v) is 10.2. The molecule has 168 valence electrons. The van der Waals surface area contributed by atoms with E-state index in [9.17, 15) is 14.9 Å². The molecule has 3 aromatic carbocycles. The van der Waals surface area contributed by atoms with Crippen LogP contribution in [0.1, 0.15) is 27.0 Å². The third-order valence-corrected chi connectivity index (χ3v) is 4.95. The Morgan fingerprint density at radius 3 is 2.27 bits per heavy atom. The van der Waals surface area contributed by atoms with Crippen molar-refractivity contribution in [3.8, 4) is 11.5 Å². The highest BCUT2D eigenvalue weighted by Crippen LogP contribution is 2.31. The van der Waals surface area contributed by atoms with E-state index >= 15 is 0 Å². The van der Waals surface area contributed by atoms with Gasteiger partial charge < -0.3 is 14.8 Å². The number of anilines is 1. The largest absolute Gasteiger partial charge is 0.497 e. The molecule has 1 N–H and O–H groups in total. The number of hydrogen-bond donors (Lipinski definition) is 1. The molecule has 0 unspecified atom stereocenters. The first-order valence-electron chi connectivity index (χ1n) is 9.82. The molecule has 0 fully saturated rings. The number of nitrogens with one attached hydrogen (secondary N) is 1. The van der Waals surface area contributed by atoms with Crippen LogP contribution in [0, 0.1) is 10.1 Å². The third-order valence-electron chi connectivity index (χ3n) is 4.70. The molecule has 0 aromatic heterocycles. The van der Waals surface area contributed by atoms with Gasteiger partial charge in [-0.05, 0) is 53.6 Å². The topological polar surface area (TPSA) is 90.7 Å². The highest BCUT2D eigenvalue weighted by Gasteiger charge is 2.10. The van der Waals surface area contributed by atoms with E-state index in [1.54, 1.807) is 48.5 Å². The second kappa shape index (κ2) is 11.0. The quantitative estimate of drug-likeness (QED) is 0.250. The number of nitro groups is 1. The van der Waals surface area contributed by atoms with Gasteiger partial charge in [0.15, 0.2) is 0 Å². The zero-order valence-corrected chi connectivity index (χ0v) is 18.7. The zero-order chi connectivity index (χ0) is 23.8. The van der Waals surface area contributed by atoms with E-state index in [4.69, 9.17) is 21.1 Å². The average molecular weight is 465 g/mol. The monoisotopic (exact) mass is 464 g/mol. The van der Waals surface area contributed by atoms with Crippen LogP contribution in [0.15, 0.2) is 66.9 Å². The lowest BCUT2D eigenvalue weighted by atomic mass is 10.0. The molecule has 0 aliphatic heterocycles. The first-order chi connectivity index (χ1) is 15.9. The van der Waals surface area contributed by atoms with E-state index in [2.05, 4.69) is 5.32 Å². The molecule has 0 heterocycles. The summed E-state index contributed by atoms with van der Waals surface area (Å²) in [4.78, 5) is 22.6. The summed E-state index contributed by atoms with van der Waals surface area (Å²) in [5, 5.41) is 14.2. The van der Waals surface area contributed by atoms with E-state index in [-0.39, 0.29) is 5.91 Å². The Kier molecular flexibility index (Phi) is 7.83. The molecule has 0 spiro atoms. The number of carbonyl (C=O) groups excluding carboxylic acids is 1. The average Bonchev–Trinajstić information content (AvgIpc) is 2.82. The number of amides is 1. The molecule has 3 aromatic rings. The van der Waals surface area contributed by atoms with Crippen molar-refractivity contribution < 1.29 is 19.2 Å². The van der Waals surface area contributed by atoms with Crippen LogP contribution in [0.3, 0.4) is 0 Å². The van der Waals surface area contributed by atoms with Crippen LogP contribution in [-0.2, 0) is 0 Å². The van der Waals surface area contributed by atoms with Crippen molar-refractivity contribution >= 4 is 41.4 Å². The number of ether oxygens (including phenoxy) is 2. The lowest BCUT2D eigenvalue weighted by Gasteiger charge is -2.11. The highest BCUT2D eigenvalue weighted by molar-refractivity contribution is 6.30. The Balaban J connectivity index is 1.81. The number of carbonyl (C=O) groups is 1. The lowest BCUT2D eigenvalue weighted by Crippen LogP contribution is -2.11. The second-order valence-electron chi connectivity index (χ2n) is 6.85. The van der Waals surface area contributed by atoms with Crippen molar-refractivity contribution in [3.63, 3.8) is 0 Å². The number of nitrogens with zero attached hydrogens (tertiary/aromatic N) is 1. The van der Waals surface area contributed by atoms with Gasteiger partial charge in [-0.2, -0.15) is 0 Å². The molecule has 3 rings (SSSR count). The molecule has 7 nitrogen and oxygen atoms in total. The van der Waals surface area contributed by atoms with Gasteiger partial charge in [0.2, 0.25) is 6.20 Å². The molecular formula is C25H21ClN2O5. The molecule has 0 saturated heterocycles. The number of hydrogen-bond acceptors (Lipinski definition) is 5. The summed E-state index contributed by atoms with van der Waals surface area (Å²) < 4.78 is 10.7. The summed E-state index contributed by atoms with van der Waals surface area (Å²) in [5.74, 6) is 0.776. The summed E-state index contributed by atoms with van der Waals surface area (Å²) in [6, 6.07) is 17.3. The summed E-state index contributed by atoms with van der Waals surface area (Å²) >= 11 is 5.86. The van der Waals surface area contributed by atoms with Crippen molar-refractivity contribution in [2.45, 2.75) is 0 Å². The van der Waals surface area contributed by atoms with Crippen LogP contribution in [0.25, 0.3) is 18.2 Å².